The molecule has 0 radical (unpaired) electrons. The first kappa shape index (κ1) is 13.3. The molecule has 98 valence electrons. The number of thiophene rings is 1. The maximum Gasteiger partial charge on any atom is 0.225 e. The van der Waals surface area contributed by atoms with Crippen molar-refractivity contribution in [2.75, 3.05) is 11.9 Å². The van der Waals surface area contributed by atoms with Crippen molar-refractivity contribution < 1.29 is 0 Å². The van der Waals surface area contributed by atoms with Crippen molar-refractivity contribution >= 4 is 29.5 Å². The largest absolute Gasteiger partial charge is 0.341 e. The zero-order valence-electron chi connectivity index (χ0n) is 10.9. The summed E-state index contributed by atoms with van der Waals surface area (Å²) in [7, 11) is 2.06. The molecular formula is C12H18N4S2. The van der Waals surface area contributed by atoms with Gasteiger partial charge in [0, 0.05) is 30.9 Å². The van der Waals surface area contributed by atoms with Gasteiger partial charge in [-0.15, -0.1) is 16.4 Å². The lowest BCUT2D eigenvalue weighted by Crippen LogP contribution is -2.32. The van der Waals surface area contributed by atoms with Gasteiger partial charge < -0.3 is 4.90 Å². The molecule has 0 aliphatic carbocycles. The summed E-state index contributed by atoms with van der Waals surface area (Å²) in [5, 5.41) is 9.29. The highest BCUT2D eigenvalue weighted by Crippen LogP contribution is 2.18. The van der Waals surface area contributed by atoms with Crippen LogP contribution in [0.2, 0.25) is 0 Å². The lowest BCUT2D eigenvalue weighted by molar-refractivity contribution is 0.637. The summed E-state index contributed by atoms with van der Waals surface area (Å²) in [5.74, 6) is 0.909. The Morgan fingerprint density at radius 2 is 2.39 bits per heavy atom. The highest BCUT2D eigenvalue weighted by Gasteiger charge is 2.16. The highest BCUT2D eigenvalue weighted by atomic mass is 32.1. The van der Waals surface area contributed by atoms with Crippen LogP contribution in [-0.4, -0.2) is 27.9 Å². The van der Waals surface area contributed by atoms with E-state index in [0.717, 1.165) is 18.9 Å². The van der Waals surface area contributed by atoms with Crippen molar-refractivity contribution in [3.05, 3.63) is 27.2 Å². The zero-order valence-corrected chi connectivity index (χ0v) is 12.5. The van der Waals surface area contributed by atoms with Crippen molar-refractivity contribution in [1.82, 2.24) is 14.8 Å². The lowest BCUT2D eigenvalue weighted by atomic mass is 10.2. The Morgan fingerprint density at radius 3 is 3.00 bits per heavy atom. The summed E-state index contributed by atoms with van der Waals surface area (Å²) >= 11 is 7.01. The van der Waals surface area contributed by atoms with Gasteiger partial charge >= 0.3 is 0 Å². The van der Waals surface area contributed by atoms with Gasteiger partial charge in [0.1, 0.15) is 0 Å². The second-order valence-corrected chi connectivity index (χ2v) is 5.74. The molecular weight excluding hydrogens is 264 g/mol. The molecule has 18 heavy (non-hydrogen) atoms. The molecule has 2 aromatic heterocycles. The third-order valence-electron chi connectivity index (χ3n) is 3.11. The second-order valence-electron chi connectivity index (χ2n) is 4.32. The Morgan fingerprint density at radius 1 is 1.61 bits per heavy atom. The Balaban J connectivity index is 2.15. The van der Waals surface area contributed by atoms with Crippen molar-refractivity contribution in [2.45, 2.75) is 32.9 Å². The molecule has 0 amide bonds. The fourth-order valence-electron chi connectivity index (χ4n) is 1.92. The van der Waals surface area contributed by atoms with E-state index in [4.69, 9.17) is 12.2 Å². The smallest absolute Gasteiger partial charge is 0.225 e. The van der Waals surface area contributed by atoms with E-state index in [-0.39, 0.29) is 0 Å². The fourth-order valence-corrected chi connectivity index (χ4v) is 3.00. The maximum atomic E-state index is 5.21. The molecule has 1 N–H and O–H groups in total. The molecule has 1 atom stereocenters. The van der Waals surface area contributed by atoms with Crippen molar-refractivity contribution in [3.8, 4) is 0 Å². The Bertz CT molecular complexity index is 541. The Kier molecular flexibility index (Phi) is 4.19. The van der Waals surface area contributed by atoms with E-state index < -0.39 is 0 Å². The Labute approximate surface area is 116 Å². The van der Waals surface area contributed by atoms with Gasteiger partial charge in [0.25, 0.3) is 0 Å². The zero-order chi connectivity index (χ0) is 13.1. The first-order valence-corrected chi connectivity index (χ1v) is 7.32. The number of nitrogens with zero attached hydrogens (tertiary/aromatic N) is 3. The van der Waals surface area contributed by atoms with Crippen molar-refractivity contribution in [2.24, 2.45) is 0 Å². The molecule has 0 aliphatic heterocycles. The second kappa shape index (κ2) is 5.67. The van der Waals surface area contributed by atoms with E-state index in [1.165, 1.54) is 4.88 Å². The standard InChI is InChI=1S/C12H18N4S2/c1-4-16-11(13-14-12(16)17)15(3)9(2)8-10-6-5-7-18-10/h5-7,9H,4,8H2,1-3H3,(H,14,17). The Hall–Kier alpha value is -1.14. The van der Waals surface area contributed by atoms with Crippen LogP contribution < -0.4 is 4.90 Å². The summed E-state index contributed by atoms with van der Waals surface area (Å²) in [5.41, 5.74) is 0. The fraction of sp³-hybridized carbons (Fsp3) is 0.500. The third-order valence-corrected chi connectivity index (χ3v) is 4.32. The van der Waals surface area contributed by atoms with Crippen LogP contribution in [0.5, 0.6) is 0 Å². The first-order valence-electron chi connectivity index (χ1n) is 6.04. The minimum atomic E-state index is 0.388. The first-order chi connectivity index (χ1) is 8.63. The van der Waals surface area contributed by atoms with Gasteiger partial charge in [0.05, 0.1) is 0 Å². The topological polar surface area (TPSA) is 36.9 Å². The summed E-state index contributed by atoms with van der Waals surface area (Å²) in [6.45, 7) is 5.12. The van der Waals surface area contributed by atoms with Gasteiger partial charge in [-0.25, -0.2) is 5.10 Å². The number of nitrogens with one attached hydrogen (secondary N) is 1. The van der Waals surface area contributed by atoms with Crippen molar-refractivity contribution in [1.29, 1.82) is 0 Å². The van der Waals surface area contributed by atoms with E-state index in [1.54, 1.807) is 11.3 Å². The molecule has 0 aromatic carbocycles. The van der Waals surface area contributed by atoms with Gasteiger partial charge in [0.2, 0.25) is 5.95 Å². The predicted molar refractivity (Wildman–Crippen MR) is 79.0 cm³/mol. The molecule has 0 aliphatic rings. The van der Waals surface area contributed by atoms with E-state index in [0.29, 0.717) is 10.8 Å². The number of H-pyrrole nitrogens is 1. The number of likely N-dealkylation sites (N-methyl/N-ethyl adjacent to an activating group) is 1. The number of aromatic amines is 1. The molecule has 0 bridgehead atoms. The van der Waals surface area contributed by atoms with Gasteiger partial charge in [0.15, 0.2) is 4.77 Å². The van der Waals surface area contributed by atoms with Crippen LogP contribution in [0.1, 0.15) is 18.7 Å². The monoisotopic (exact) mass is 282 g/mol. The molecule has 0 saturated heterocycles. The number of aromatic nitrogens is 3. The van der Waals surface area contributed by atoms with Crippen LogP contribution in [0.4, 0.5) is 5.95 Å². The van der Waals surface area contributed by atoms with E-state index in [1.807, 2.05) is 4.57 Å². The van der Waals surface area contributed by atoms with Gasteiger partial charge in [-0.2, -0.15) is 0 Å². The molecule has 0 fully saturated rings. The summed E-state index contributed by atoms with van der Waals surface area (Å²) in [6, 6.07) is 4.65. The number of hydrogen-bond acceptors (Lipinski definition) is 4. The number of hydrogen-bond donors (Lipinski definition) is 1. The SMILES string of the molecule is CCn1c(N(C)C(C)Cc2cccs2)n[nH]c1=S. The van der Waals surface area contributed by atoms with Gasteiger partial charge in [-0.1, -0.05) is 6.07 Å². The third kappa shape index (κ3) is 2.64. The predicted octanol–water partition coefficient (Wildman–Crippen LogP) is 3.09. The maximum absolute atomic E-state index is 5.21. The quantitative estimate of drug-likeness (QED) is 0.856. The van der Waals surface area contributed by atoms with Crippen LogP contribution in [0.3, 0.4) is 0 Å². The van der Waals surface area contributed by atoms with E-state index in [2.05, 4.69) is 53.5 Å². The molecule has 0 spiro atoms. The van der Waals surface area contributed by atoms with Crippen LogP contribution in [0, 0.1) is 4.77 Å². The molecule has 2 rings (SSSR count). The molecule has 6 heteroatoms. The molecule has 4 nitrogen and oxygen atoms in total. The van der Waals surface area contributed by atoms with Gasteiger partial charge in [-0.3, -0.25) is 4.57 Å². The minimum Gasteiger partial charge on any atom is -0.341 e. The van der Waals surface area contributed by atoms with E-state index in [9.17, 15) is 0 Å². The van der Waals surface area contributed by atoms with Crippen LogP contribution in [-0.2, 0) is 13.0 Å². The average Bonchev–Trinajstić information content (AvgIpc) is 2.97. The lowest BCUT2D eigenvalue weighted by Gasteiger charge is -2.25. The normalized spacial score (nSPS) is 12.6. The molecule has 1 unspecified atom stereocenters. The molecule has 0 saturated carbocycles. The van der Waals surface area contributed by atoms with Crippen molar-refractivity contribution in [3.63, 3.8) is 0 Å². The van der Waals surface area contributed by atoms with Crippen LogP contribution in [0.25, 0.3) is 0 Å². The summed E-state index contributed by atoms with van der Waals surface area (Å²) in [4.78, 5) is 3.57. The summed E-state index contributed by atoms with van der Waals surface area (Å²) in [6.07, 6.45) is 1.03. The van der Waals surface area contributed by atoms with Gasteiger partial charge in [-0.05, 0) is 37.5 Å². The average molecular weight is 282 g/mol. The van der Waals surface area contributed by atoms with Crippen LogP contribution >= 0.6 is 23.6 Å². The summed E-state index contributed by atoms with van der Waals surface area (Å²) < 4.78 is 2.70. The van der Waals surface area contributed by atoms with Crippen LogP contribution in [0.15, 0.2) is 17.5 Å². The molecule has 2 aromatic rings. The minimum absolute atomic E-state index is 0.388. The number of anilines is 1. The van der Waals surface area contributed by atoms with E-state index >= 15 is 0 Å². The highest BCUT2D eigenvalue weighted by molar-refractivity contribution is 7.71. The molecule has 2 heterocycles. The number of rotatable bonds is 5.